The molecule has 0 aromatic heterocycles. The monoisotopic (exact) mass is 257 g/mol. The van der Waals surface area contributed by atoms with Crippen molar-refractivity contribution in [1.29, 1.82) is 0 Å². The maximum Gasteiger partial charge on any atom is 0.255 e. The Labute approximate surface area is 110 Å². The summed E-state index contributed by atoms with van der Waals surface area (Å²) >= 11 is 0. The minimum atomic E-state index is -0.444. The van der Waals surface area contributed by atoms with E-state index in [1.807, 2.05) is 0 Å². The van der Waals surface area contributed by atoms with Crippen molar-refractivity contribution in [2.45, 2.75) is 6.42 Å². The van der Waals surface area contributed by atoms with Gasteiger partial charge in [-0.2, -0.15) is 0 Å². The highest BCUT2D eigenvalue weighted by molar-refractivity contribution is 6.04. The van der Waals surface area contributed by atoms with E-state index in [2.05, 4.69) is 5.32 Å². The Morgan fingerprint density at radius 1 is 1.21 bits per heavy atom. The van der Waals surface area contributed by atoms with E-state index in [9.17, 15) is 9.18 Å². The predicted molar refractivity (Wildman–Crippen MR) is 70.0 cm³/mol. The number of rotatable bonds is 2. The molecule has 0 unspecified atom stereocenters. The van der Waals surface area contributed by atoms with Crippen LogP contribution in [0.15, 0.2) is 42.5 Å². The van der Waals surface area contributed by atoms with Crippen LogP contribution in [0.4, 0.5) is 10.1 Å². The molecule has 0 radical (unpaired) electrons. The molecule has 3 rings (SSSR count). The van der Waals surface area contributed by atoms with Crippen LogP contribution >= 0.6 is 0 Å². The van der Waals surface area contributed by atoms with Gasteiger partial charge in [-0.3, -0.25) is 4.79 Å². The van der Waals surface area contributed by atoms with Gasteiger partial charge in [-0.25, -0.2) is 4.39 Å². The van der Waals surface area contributed by atoms with E-state index in [4.69, 9.17) is 4.74 Å². The molecule has 4 heteroatoms. The van der Waals surface area contributed by atoms with Crippen molar-refractivity contribution < 1.29 is 13.9 Å². The standard InChI is InChI=1S/C15H12FNO2/c16-12-3-1-2-4-13(12)17-15(18)11-5-6-14-10(9-11)7-8-19-14/h1-6,9H,7-8H2,(H,17,18). The van der Waals surface area contributed by atoms with Gasteiger partial charge in [0.25, 0.3) is 5.91 Å². The molecule has 0 saturated heterocycles. The topological polar surface area (TPSA) is 38.3 Å². The lowest BCUT2D eigenvalue weighted by Crippen LogP contribution is -2.13. The summed E-state index contributed by atoms with van der Waals surface area (Å²) in [5.41, 5.74) is 1.71. The maximum absolute atomic E-state index is 13.5. The largest absolute Gasteiger partial charge is 0.493 e. The molecule has 1 N–H and O–H groups in total. The molecule has 0 spiro atoms. The van der Waals surface area contributed by atoms with Gasteiger partial charge in [0.05, 0.1) is 12.3 Å². The molecule has 1 heterocycles. The second kappa shape index (κ2) is 4.72. The van der Waals surface area contributed by atoms with E-state index >= 15 is 0 Å². The molecule has 2 aromatic carbocycles. The van der Waals surface area contributed by atoms with Crippen molar-refractivity contribution >= 4 is 11.6 Å². The normalized spacial score (nSPS) is 12.7. The molecule has 2 aromatic rings. The first-order chi connectivity index (χ1) is 9.24. The van der Waals surface area contributed by atoms with Crippen LogP contribution in [0.1, 0.15) is 15.9 Å². The van der Waals surface area contributed by atoms with Gasteiger partial charge >= 0.3 is 0 Å². The summed E-state index contributed by atoms with van der Waals surface area (Å²) < 4.78 is 18.8. The zero-order valence-corrected chi connectivity index (χ0v) is 10.2. The third kappa shape index (κ3) is 2.29. The average molecular weight is 257 g/mol. The Morgan fingerprint density at radius 3 is 2.89 bits per heavy atom. The Kier molecular flexibility index (Phi) is 2.91. The molecular formula is C15H12FNO2. The van der Waals surface area contributed by atoms with Crippen LogP contribution in [-0.2, 0) is 6.42 Å². The fraction of sp³-hybridized carbons (Fsp3) is 0.133. The molecule has 1 amide bonds. The van der Waals surface area contributed by atoms with Crippen molar-refractivity contribution in [3.05, 3.63) is 59.4 Å². The van der Waals surface area contributed by atoms with Gasteiger partial charge in [0.15, 0.2) is 0 Å². The Hall–Kier alpha value is -2.36. The van der Waals surface area contributed by atoms with Gasteiger partial charge in [0, 0.05) is 12.0 Å². The summed E-state index contributed by atoms with van der Waals surface area (Å²) in [7, 11) is 0. The first-order valence-electron chi connectivity index (χ1n) is 6.05. The molecule has 0 aliphatic carbocycles. The van der Waals surface area contributed by atoms with Crippen molar-refractivity contribution in [3.63, 3.8) is 0 Å². The first-order valence-corrected chi connectivity index (χ1v) is 6.05. The van der Waals surface area contributed by atoms with Gasteiger partial charge in [-0.1, -0.05) is 12.1 Å². The van der Waals surface area contributed by atoms with E-state index in [1.165, 1.54) is 12.1 Å². The number of halogens is 1. The van der Waals surface area contributed by atoms with Gasteiger partial charge < -0.3 is 10.1 Å². The smallest absolute Gasteiger partial charge is 0.255 e. The summed E-state index contributed by atoms with van der Waals surface area (Å²) in [6.07, 6.45) is 0.802. The van der Waals surface area contributed by atoms with Crippen LogP contribution in [0.5, 0.6) is 5.75 Å². The third-order valence-corrected chi connectivity index (χ3v) is 3.07. The highest BCUT2D eigenvalue weighted by atomic mass is 19.1. The van der Waals surface area contributed by atoms with Crippen molar-refractivity contribution in [2.24, 2.45) is 0 Å². The minimum Gasteiger partial charge on any atom is -0.493 e. The van der Waals surface area contributed by atoms with Crippen LogP contribution < -0.4 is 10.1 Å². The summed E-state index contributed by atoms with van der Waals surface area (Å²) in [5, 5.41) is 2.56. The van der Waals surface area contributed by atoms with E-state index in [0.717, 1.165) is 17.7 Å². The van der Waals surface area contributed by atoms with Crippen LogP contribution in [0.2, 0.25) is 0 Å². The number of hydrogen-bond donors (Lipinski definition) is 1. The van der Waals surface area contributed by atoms with Gasteiger partial charge in [-0.05, 0) is 35.9 Å². The van der Waals surface area contributed by atoms with Crippen LogP contribution in [-0.4, -0.2) is 12.5 Å². The van der Waals surface area contributed by atoms with E-state index < -0.39 is 5.82 Å². The molecule has 19 heavy (non-hydrogen) atoms. The SMILES string of the molecule is O=C(Nc1ccccc1F)c1ccc2c(c1)CCO2. The number of fused-ring (bicyclic) bond motifs is 1. The number of amides is 1. The first kappa shape index (κ1) is 11.7. The number of carbonyl (C=O) groups excluding carboxylic acids is 1. The summed E-state index contributed by atoms with van der Waals surface area (Å²) in [6.45, 7) is 0.647. The number of ether oxygens (including phenoxy) is 1. The number of para-hydroxylation sites is 1. The molecule has 3 nitrogen and oxygen atoms in total. The molecule has 0 fully saturated rings. The molecule has 0 saturated carbocycles. The summed E-state index contributed by atoms with van der Waals surface area (Å²) in [6, 6.07) is 11.3. The lowest BCUT2D eigenvalue weighted by molar-refractivity contribution is 0.102. The summed E-state index contributed by atoms with van der Waals surface area (Å²) in [5.74, 6) is 0.0579. The van der Waals surface area contributed by atoms with Crippen molar-refractivity contribution in [3.8, 4) is 5.75 Å². The minimum absolute atomic E-state index is 0.184. The predicted octanol–water partition coefficient (Wildman–Crippen LogP) is 3.01. The second-order valence-electron chi connectivity index (χ2n) is 4.35. The number of hydrogen-bond acceptors (Lipinski definition) is 2. The third-order valence-electron chi connectivity index (χ3n) is 3.07. The summed E-state index contributed by atoms with van der Waals surface area (Å²) in [4.78, 5) is 12.0. The van der Waals surface area contributed by atoms with Gasteiger partial charge in [0.1, 0.15) is 11.6 Å². The molecular weight excluding hydrogens is 245 g/mol. The van der Waals surface area contributed by atoms with E-state index in [0.29, 0.717) is 12.2 Å². The van der Waals surface area contributed by atoms with E-state index in [1.54, 1.807) is 30.3 Å². The number of carbonyl (C=O) groups is 1. The van der Waals surface area contributed by atoms with Crippen molar-refractivity contribution in [1.82, 2.24) is 0 Å². The van der Waals surface area contributed by atoms with Crippen molar-refractivity contribution in [2.75, 3.05) is 11.9 Å². The van der Waals surface area contributed by atoms with Crippen LogP contribution in [0.25, 0.3) is 0 Å². The Morgan fingerprint density at radius 2 is 2.05 bits per heavy atom. The quantitative estimate of drug-likeness (QED) is 0.898. The number of benzene rings is 2. The zero-order chi connectivity index (χ0) is 13.2. The lowest BCUT2D eigenvalue weighted by Gasteiger charge is -2.07. The molecule has 1 aliphatic heterocycles. The Balaban J connectivity index is 1.83. The van der Waals surface area contributed by atoms with Crippen LogP contribution in [0.3, 0.4) is 0 Å². The fourth-order valence-corrected chi connectivity index (χ4v) is 2.08. The van der Waals surface area contributed by atoms with E-state index in [-0.39, 0.29) is 11.6 Å². The van der Waals surface area contributed by atoms with Gasteiger partial charge in [0.2, 0.25) is 0 Å². The number of nitrogens with one attached hydrogen (secondary N) is 1. The fourth-order valence-electron chi connectivity index (χ4n) is 2.08. The van der Waals surface area contributed by atoms with Gasteiger partial charge in [-0.15, -0.1) is 0 Å². The zero-order valence-electron chi connectivity index (χ0n) is 10.2. The second-order valence-corrected chi connectivity index (χ2v) is 4.35. The lowest BCUT2D eigenvalue weighted by atomic mass is 10.1. The Bertz CT molecular complexity index is 640. The molecule has 0 bridgehead atoms. The maximum atomic E-state index is 13.5. The average Bonchev–Trinajstić information content (AvgIpc) is 2.88. The molecule has 96 valence electrons. The van der Waals surface area contributed by atoms with Crippen LogP contribution in [0, 0.1) is 5.82 Å². The molecule has 1 aliphatic rings. The highest BCUT2D eigenvalue weighted by Gasteiger charge is 2.15. The molecule has 0 atom stereocenters. The number of anilines is 1. The highest BCUT2D eigenvalue weighted by Crippen LogP contribution is 2.26.